The number of nitrogens with zero attached hydrogens (tertiary/aromatic N) is 2. The topological polar surface area (TPSA) is 76.2 Å². The number of benzene rings is 1. The van der Waals surface area contributed by atoms with Crippen LogP contribution in [0.4, 0.5) is 0 Å². The molecule has 0 bridgehead atoms. The van der Waals surface area contributed by atoms with Gasteiger partial charge in [-0.25, -0.2) is 8.42 Å². The number of carbonyl (C=O) groups excluding carboxylic acids is 1. The molecule has 0 unspecified atom stereocenters. The lowest BCUT2D eigenvalue weighted by atomic mass is 10.2. The summed E-state index contributed by atoms with van der Waals surface area (Å²) in [7, 11) is -0.606. The summed E-state index contributed by atoms with van der Waals surface area (Å²) < 4.78 is 37.7. The van der Waals surface area contributed by atoms with Gasteiger partial charge in [0.2, 0.25) is 10.0 Å². The molecule has 7 nitrogen and oxygen atoms in total. The zero-order valence-corrected chi connectivity index (χ0v) is 15.8. The van der Waals surface area contributed by atoms with Gasteiger partial charge >= 0.3 is 0 Å². The molecule has 0 aromatic heterocycles. The summed E-state index contributed by atoms with van der Waals surface area (Å²) in [6.45, 7) is 3.99. The summed E-state index contributed by atoms with van der Waals surface area (Å²) in [5.74, 6) is 0.0359. The fourth-order valence-electron chi connectivity index (χ4n) is 2.65. The van der Waals surface area contributed by atoms with Crippen LogP contribution in [0.15, 0.2) is 23.1 Å². The van der Waals surface area contributed by atoms with Gasteiger partial charge in [-0.15, -0.1) is 0 Å². The van der Waals surface area contributed by atoms with E-state index in [9.17, 15) is 13.2 Å². The number of hydrogen-bond acceptors (Lipinski definition) is 5. The van der Waals surface area contributed by atoms with Crippen LogP contribution in [0.1, 0.15) is 30.1 Å². The summed E-state index contributed by atoms with van der Waals surface area (Å²) in [6.07, 6.45) is 1.88. The normalized spacial score (nSPS) is 15.8. The maximum Gasteiger partial charge on any atom is 0.253 e. The molecule has 1 aliphatic rings. The third kappa shape index (κ3) is 4.50. The zero-order valence-electron chi connectivity index (χ0n) is 15.0. The first-order valence-corrected chi connectivity index (χ1v) is 9.87. The smallest absolute Gasteiger partial charge is 0.253 e. The number of carbonyl (C=O) groups is 1. The van der Waals surface area contributed by atoms with E-state index in [1.54, 1.807) is 18.0 Å². The highest BCUT2D eigenvalue weighted by Crippen LogP contribution is 2.28. The molecule has 1 aromatic rings. The maximum atomic E-state index is 12.9. The molecule has 2 rings (SSSR count). The Morgan fingerprint density at radius 3 is 2.60 bits per heavy atom. The summed E-state index contributed by atoms with van der Waals surface area (Å²) in [5.41, 5.74) is 0.339. The molecule has 0 spiro atoms. The molecule has 140 valence electrons. The Labute approximate surface area is 149 Å². The van der Waals surface area contributed by atoms with Crippen LogP contribution in [-0.2, 0) is 14.8 Å². The molecule has 1 fully saturated rings. The summed E-state index contributed by atoms with van der Waals surface area (Å²) >= 11 is 0. The second kappa shape index (κ2) is 8.64. The third-order valence-corrected chi connectivity index (χ3v) is 6.11. The molecule has 0 N–H and O–H groups in total. The lowest BCUT2D eigenvalue weighted by Gasteiger charge is -2.27. The van der Waals surface area contributed by atoms with E-state index < -0.39 is 10.0 Å². The molecule has 1 heterocycles. The van der Waals surface area contributed by atoms with Crippen LogP contribution in [0.25, 0.3) is 0 Å². The van der Waals surface area contributed by atoms with Gasteiger partial charge in [-0.3, -0.25) is 4.79 Å². The summed E-state index contributed by atoms with van der Waals surface area (Å²) in [5, 5.41) is 0. The average molecular weight is 370 g/mol. The van der Waals surface area contributed by atoms with Gasteiger partial charge in [0.1, 0.15) is 10.6 Å². The minimum atomic E-state index is -3.75. The van der Waals surface area contributed by atoms with Crippen LogP contribution in [0.5, 0.6) is 5.75 Å². The number of methoxy groups -OCH3 is 1. The minimum Gasteiger partial charge on any atom is -0.495 e. The fourth-order valence-corrected chi connectivity index (χ4v) is 4.24. The Bertz CT molecular complexity index is 699. The average Bonchev–Trinajstić information content (AvgIpc) is 2.65. The lowest BCUT2D eigenvalue weighted by molar-refractivity contribution is 0.0729. The number of morpholine rings is 1. The Morgan fingerprint density at radius 1 is 1.32 bits per heavy atom. The second-order valence-electron chi connectivity index (χ2n) is 5.96. The quantitative estimate of drug-likeness (QED) is 0.728. The maximum absolute atomic E-state index is 12.9. The Kier molecular flexibility index (Phi) is 6.80. The molecule has 25 heavy (non-hydrogen) atoms. The standard InChI is InChI=1S/C17H26N2O5S/c1-4-5-8-18(2)17(20)14-6-7-15(23-3)16(13-14)25(21,22)19-9-11-24-12-10-19/h6-7,13H,4-5,8-12H2,1-3H3. The van der Waals surface area contributed by atoms with Crippen molar-refractivity contribution >= 4 is 15.9 Å². The highest BCUT2D eigenvalue weighted by atomic mass is 32.2. The van der Waals surface area contributed by atoms with Gasteiger partial charge in [0.25, 0.3) is 5.91 Å². The first kappa shape index (κ1) is 19.7. The molecule has 0 saturated carbocycles. The van der Waals surface area contributed by atoms with E-state index in [2.05, 4.69) is 6.92 Å². The fraction of sp³-hybridized carbons (Fsp3) is 0.588. The van der Waals surface area contributed by atoms with E-state index in [1.165, 1.54) is 23.5 Å². The van der Waals surface area contributed by atoms with E-state index in [1.807, 2.05) is 0 Å². The van der Waals surface area contributed by atoms with Crippen LogP contribution in [-0.4, -0.2) is 70.5 Å². The molecule has 8 heteroatoms. The van der Waals surface area contributed by atoms with Crippen molar-refractivity contribution in [2.75, 3.05) is 47.0 Å². The third-order valence-electron chi connectivity index (χ3n) is 4.19. The van der Waals surface area contributed by atoms with Crippen molar-refractivity contribution in [3.05, 3.63) is 23.8 Å². The number of ether oxygens (including phenoxy) is 2. The van der Waals surface area contributed by atoms with E-state index in [0.717, 1.165) is 12.8 Å². The predicted octanol–water partition coefficient (Wildman–Crippen LogP) is 1.59. The van der Waals surface area contributed by atoms with E-state index in [4.69, 9.17) is 9.47 Å². The molecular formula is C17H26N2O5S. The van der Waals surface area contributed by atoms with Gasteiger partial charge in [0, 0.05) is 32.2 Å². The Balaban J connectivity index is 2.35. The van der Waals surface area contributed by atoms with Gasteiger partial charge in [0.15, 0.2) is 0 Å². The number of unbranched alkanes of at least 4 members (excludes halogenated alkanes) is 1. The molecule has 0 aliphatic carbocycles. The number of sulfonamides is 1. The van der Waals surface area contributed by atoms with E-state index in [0.29, 0.717) is 38.4 Å². The first-order chi connectivity index (χ1) is 11.9. The monoisotopic (exact) mass is 370 g/mol. The van der Waals surface area contributed by atoms with Gasteiger partial charge in [-0.05, 0) is 24.6 Å². The molecule has 1 amide bonds. The molecular weight excluding hydrogens is 344 g/mol. The molecule has 0 atom stereocenters. The van der Waals surface area contributed by atoms with Gasteiger partial charge in [-0.2, -0.15) is 4.31 Å². The zero-order chi connectivity index (χ0) is 18.4. The van der Waals surface area contributed by atoms with E-state index in [-0.39, 0.29) is 16.6 Å². The number of hydrogen-bond donors (Lipinski definition) is 0. The van der Waals surface area contributed by atoms with Crippen LogP contribution >= 0.6 is 0 Å². The van der Waals surface area contributed by atoms with Crippen LogP contribution in [0.3, 0.4) is 0 Å². The van der Waals surface area contributed by atoms with Crippen molar-refractivity contribution in [1.29, 1.82) is 0 Å². The van der Waals surface area contributed by atoms with Crippen LogP contribution in [0, 0.1) is 0 Å². The van der Waals surface area contributed by atoms with Gasteiger partial charge in [0.05, 0.1) is 20.3 Å². The van der Waals surface area contributed by atoms with Crippen molar-refractivity contribution in [2.45, 2.75) is 24.7 Å². The van der Waals surface area contributed by atoms with Crippen molar-refractivity contribution < 1.29 is 22.7 Å². The molecule has 1 saturated heterocycles. The van der Waals surface area contributed by atoms with Gasteiger partial charge in [-0.1, -0.05) is 13.3 Å². The Morgan fingerprint density at radius 2 is 2.00 bits per heavy atom. The summed E-state index contributed by atoms with van der Waals surface area (Å²) in [6, 6.07) is 4.55. The van der Waals surface area contributed by atoms with E-state index >= 15 is 0 Å². The highest BCUT2D eigenvalue weighted by Gasteiger charge is 2.30. The van der Waals surface area contributed by atoms with Crippen molar-refractivity contribution in [3.8, 4) is 5.75 Å². The van der Waals surface area contributed by atoms with Crippen molar-refractivity contribution in [3.63, 3.8) is 0 Å². The largest absolute Gasteiger partial charge is 0.495 e. The van der Waals surface area contributed by atoms with Crippen LogP contribution < -0.4 is 4.74 Å². The second-order valence-corrected chi connectivity index (χ2v) is 7.87. The predicted molar refractivity (Wildman–Crippen MR) is 94.4 cm³/mol. The Hall–Kier alpha value is -1.64. The van der Waals surface area contributed by atoms with Crippen LogP contribution in [0.2, 0.25) is 0 Å². The number of amides is 1. The lowest BCUT2D eigenvalue weighted by Crippen LogP contribution is -2.40. The minimum absolute atomic E-state index is 0.0200. The van der Waals surface area contributed by atoms with Crippen molar-refractivity contribution in [1.82, 2.24) is 9.21 Å². The summed E-state index contributed by atoms with van der Waals surface area (Å²) in [4.78, 5) is 14.2. The molecule has 1 aliphatic heterocycles. The highest BCUT2D eigenvalue weighted by molar-refractivity contribution is 7.89. The molecule has 1 aromatic carbocycles. The SMILES string of the molecule is CCCCN(C)C(=O)c1ccc(OC)c(S(=O)(=O)N2CCOCC2)c1. The van der Waals surface area contributed by atoms with Crippen molar-refractivity contribution in [2.24, 2.45) is 0 Å². The van der Waals surface area contributed by atoms with Gasteiger partial charge < -0.3 is 14.4 Å². The number of rotatable bonds is 7. The molecule has 0 radical (unpaired) electrons. The first-order valence-electron chi connectivity index (χ1n) is 8.43.